The van der Waals surface area contributed by atoms with Crippen molar-refractivity contribution < 1.29 is 19.1 Å². The first-order valence-electron chi connectivity index (χ1n) is 8.75. The molecule has 2 rings (SSSR count). The maximum atomic E-state index is 12.6. The van der Waals surface area contributed by atoms with Gasteiger partial charge >= 0.3 is 6.09 Å². The molecule has 2 amide bonds. The summed E-state index contributed by atoms with van der Waals surface area (Å²) in [6.07, 6.45) is 0.596. The summed E-state index contributed by atoms with van der Waals surface area (Å²) in [6.45, 7) is 11.2. The average Bonchev–Trinajstić information content (AvgIpc) is 2.50. The monoisotopic (exact) mass is 341 g/mol. The maximum absolute atomic E-state index is 12.6. The standard InChI is InChI=1S/C17H31N3O4/c1-6-13-9-19-12-15(21)18(7-8-23-5)10-14(19)11-20(13)16(22)24-17(2,3)4/h13-14H,6-12H2,1-5H3/t13-,14-/m0/s1. The molecule has 2 aliphatic heterocycles. The average molecular weight is 341 g/mol. The molecule has 2 atom stereocenters. The van der Waals surface area contributed by atoms with E-state index in [1.807, 2.05) is 30.6 Å². The van der Waals surface area contributed by atoms with Gasteiger partial charge in [-0.3, -0.25) is 9.69 Å². The van der Waals surface area contributed by atoms with E-state index in [1.165, 1.54) is 0 Å². The van der Waals surface area contributed by atoms with Gasteiger partial charge in [0.25, 0.3) is 0 Å². The second-order valence-electron chi connectivity index (χ2n) is 7.61. The van der Waals surface area contributed by atoms with Crippen LogP contribution in [0.5, 0.6) is 0 Å². The van der Waals surface area contributed by atoms with Gasteiger partial charge in [0.05, 0.1) is 13.2 Å². The topological polar surface area (TPSA) is 62.3 Å². The summed E-state index contributed by atoms with van der Waals surface area (Å²) < 4.78 is 10.7. The van der Waals surface area contributed by atoms with Crippen LogP contribution < -0.4 is 0 Å². The molecule has 7 heteroatoms. The molecule has 0 radical (unpaired) electrons. The molecule has 0 saturated carbocycles. The van der Waals surface area contributed by atoms with Crippen molar-refractivity contribution >= 4 is 12.0 Å². The van der Waals surface area contributed by atoms with Gasteiger partial charge in [-0.1, -0.05) is 6.92 Å². The number of methoxy groups -OCH3 is 1. The van der Waals surface area contributed by atoms with Crippen LogP contribution in [0.3, 0.4) is 0 Å². The van der Waals surface area contributed by atoms with Crippen molar-refractivity contribution in [2.24, 2.45) is 0 Å². The van der Waals surface area contributed by atoms with E-state index < -0.39 is 5.60 Å². The van der Waals surface area contributed by atoms with Crippen LogP contribution in [-0.4, -0.2) is 90.8 Å². The molecule has 0 unspecified atom stereocenters. The molecule has 2 saturated heterocycles. The molecule has 0 spiro atoms. The highest BCUT2D eigenvalue weighted by Gasteiger charge is 2.41. The van der Waals surface area contributed by atoms with Crippen LogP contribution in [0.15, 0.2) is 0 Å². The summed E-state index contributed by atoms with van der Waals surface area (Å²) in [4.78, 5) is 30.7. The van der Waals surface area contributed by atoms with Gasteiger partial charge in [-0.15, -0.1) is 0 Å². The summed E-state index contributed by atoms with van der Waals surface area (Å²) in [6, 6.07) is 0.254. The minimum absolute atomic E-state index is 0.0921. The Labute approximate surface area is 144 Å². The highest BCUT2D eigenvalue weighted by molar-refractivity contribution is 5.79. The third-order valence-electron chi connectivity index (χ3n) is 4.60. The number of nitrogens with zero attached hydrogens (tertiary/aromatic N) is 3. The van der Waals surface area contributed by atoms with E-state index in [0.717, 1.165) is 13.0 Å². The predicted octanol–water partition coefficient (Wildman–Crippen LogP) is 1.17. The number of rotatable bonds is 4. The van der Waals surface area contributed by atoms with Crippen molar-refractivity contribution in [1.82, 2.24) is 14.7 Å². The number of hydrogen-bond donors (Lipinski definition) is 0. The lowest BCUT2D eigenvalue weighted by Crippen LogP contribution is -2.67. The van der Waals surface area contributed by atoms with E-state index in [9.17, 15) is 9.59 Å². The summed E-state index contributed by atoms with van der Waals surface area (Å²) in [7, 11) is 1.64. The normalized spacial score (nSPS) is 25.6. The van der Waals surface area contributed by atoms with E-state index in [0.29, 0.717) is 32.8 Å². The minimum Gasteiger partial charge on any atom is -0.444 e. The Morgan fingerprint density at radius 2 is 1.96 bits per heavy atom. The van der Waals surface area contributed by atoms with Crippen molar-refractivity contribution in [2.45, 2.75) is 51.8 Å². The quantitative estimate of drug-likeness (QED) is 0.768. The van der Waals surface area contributed by atoms with Crippen molar-refractivity contribution in [3.05, 3.63) is 0 Å². The van der Waals surface area contributed by atoms with Gasteiger partial charge < -0.3 is 19.3 Å². The second-order valence-corrected chi connectivity index (χ2v) is 7.61. The van der Waals surface area contributed by atoms with E-state index in [-0.39, 0.29) is 24.1 Å². The number of fused-ring (bicyclic) bond motifs is 1. The molecule has 0 aromatic carbocycles. The second kappa shape index (κ2) is 7.70. The molecule has 2 aliphatic rings. The molecular weight excluding hydrogens is 310 g/mol. The number of amides is 2. The SMILES string of the molecule is CC[C@H]1CN2CC(=O)N(CCOC)C[C@H]2CN1C(=O)OC(C)(C)C. The first-order valence-corrected chi connectivity index (χ1v) is 8.75. The molecule has 0 aromatic heterocycles. The number of carbonyl (C=O) groups is 2. The first kappa shape index (κ1) is 19.0. The van der Waals surface area contributed by atoms with Crippen LogP contribution in [0.2, 0.25) is 0 Å². The number of hydrogen-bond acceptors (Lipinski definition) is 5. The van der Waals surface area contributed by atoms with Gasteiger partial charge in [-0.2, -0.15) is 0 Å². The molecule has 24 heavy (non-hydrogen) atoms. The third kappa shape index (κ3) is 4.60. The van der Waals surface area contributed by atoms with E-state index in [1.54, 1.807) is 7.11 Å². The van der Waals surface area contributed by atoms with Gasteiger partial charge in [0.15, 0.2) is 0 Å². The molecule has 0 aliphatic carbocycles. The fourth-order valence-electron chi connectivity index (χ4n) is 3.32. The van der Waals surface area contributed by atoms with Crippen molar-refractivity contribution in [3.63, 3.8) is 0 Å². The molecular formula is C17H31N3O4. The lowest BCUT2D eigenvalue weighted by atomic mass is 10.0. The smallest absolute Gasteiger partial charge is 0.410 e. The van der Waals surface area contributed by atoms with E-state index in [4.69, 9.17) is 9.47 Å². The Balaban J connectivity index is 2.05. The Bertz CT molecular complexity index is 463. The van der Waals surface area contributed by atoms with Gasteiger partial charge in [-0.05, 0) is 27.2 Å². The van der Waals surface area contributed by atoms with Crippen LogP contribution in [0.1, 0.15) is 34.1 Å². The summed E-state index contributed by atoms with van der Waals surface area (Å²) in [5.74, 6) is 0.142. The Hall–Kier alpha value is -1.34. The first-order chi connectivity index (χ1) is 11.2. The van der Waals surface area contributed by atoms with Crippen molar-refractivity contribution in [2.75, 3.05) is 46.4 Å². The molecule has 2 fully saturated rings. The zero-order valence-electron chi connectivity index (χ0n) is 15.6. The van der Waals surface area contributed by atoms with Crippen LogP contribution in [0.25, 0.3) is 0 Å². The molecule has 7 nitrogen and oxygen atoms in total. The zero-order valence-corrected chi connectivity index (χ0v) is 15.6. The lowest BCUT2D eigenvalue weighted by Gasteiger charge is -2.50. The Kier molecular flexibility index (Phi) is 6.09. The van der Waals surface area contributed by atoms with Crippen LogP contribution in [0, 0.1) is 0 Å². The van der Waals surface area contributed by atoms with Gasteiger partial charge in [0, 0.05) is 45.4 Å². The minimum atomic E-state index is -0.500. The summed E-state index contributed by atoms with van der Waals surface area (Å²) >= 11 is 0. The largest absolute Gasteiger partial charge is 0.444 e. The molecule has 0 N–H and O–H groups in total. The number of piperazine rings is 2. The van der Waals surface area contributed by atoms with Gasteiger partial charge in [-0.25, -0.2) is 4.79 Å². The fraction of sp³-hybridized carbons (Fsp3) is 0.882. The maximum Gasteiger partial charge on any atom is 0.410 e. The van der Waals surface area contributed by atoms with E-state index in [2.05, 4.69) is 11.8 Å². The highest BCUT2D eigenvalue weighted by Crippen LogP contribution is 2.23. The molecule has 0 aromatic rings. The third-order valence-corrected chi connectivity index (χ3v) is 4.60. The zero-order chi connectivity index (χ0) is 17.9. The summed E-state index contributed by atoms with van der Waals surface area (Å²) in [5.41, 5.74) is -0.500. The van der Waals surface area contributed by atoms with Crippen molar-refractivity contribution in [1.29, 1.82) is 0 Å². The van der Waals surface area contributed by atoms with Crippen molar-refractivity contribution in [3.8, 4) is 0 Å². The van der Waals surface area contributed by atoms with Gasteiger partial charge in [0.2, 0.25) is 5.91 Å². The lowest BCUT2D eigenvalue weighted by molar-refractivity contribution is -0.142. The van der Waals surface area contributed by atoms with E-state index >= 15 is 0 Å². The Morgan fingerprint density at radius 3 is 2.54 bits per heavy atom. The Morgan fingerprint density at radius 1 is 1.25 bits per heavy atom. The molecule has 2 heterocycles. The van der Waals surface area contributed by atoms with Crippen LogP contribution in [0.4, 0.5) is 4.79 Å². The van der Waals surface area contributed by atoms with Crippen LogP contribution >= 0.6 is 0 Å². The number of ether oxygens (including phenoxy) is 2. The fourth-order valence-corrected chi connectivity index (χ4v) is 3.32. The van der Waals surface area contributed by atoms with Gasteiger partial charge in [0.1, 0.15) is 5.60 Å². The molecule has 138 valence electrons. The molecule has 0 bridgehead atoms. The highest BCUT2D eigenvalue weighted by atomic mass is 16.6. The summed E-state index contributed by atoms with van der Waals surface area (Å²) in [5, 5.41) is 0. The predicted molar refractivity (Wildman–Crippen MR) is 90.8 cm³/mol. The van der Waals surface area contributed by atoms with Crippen LogP contribution in [-0.2, 0) is 14.3 Å². The number of carbonyl (C=O) groups excluding carboxylic acids is 2.